The highest BCUT2D eigenvalue weighted by Crippen LogP contribution is 2.65. The molecule has 1 saturated heterocycles. The first-order valence-electron chi connectivity index (χ1n) is 10.6. The highest BCUT2D eigenvalue weighted by atomic mass is 16.7. The maximum atomic E-state index is 12.6. The van der Waals surface area contributed by atoms with Crippen molar-refractivity contribution in [3.63, 3.8) is 0 Å². The molecule has 3 nitrogen and oxygen atoms in total. The zero-order chi connectivity index (χ0) is 18.2. The summed E-state index contributed by atoms with van der Waals surface area (Å²) >= 11 is 0. The molecule has 3 heteroatoms. The fraction of sp³-hybridized carbons (Fsp3) is 0.783. The Bertz CT molecular complexity index is 698. The van der Waals surface area contributed by atoms with E-state index in [1.54, 1.807) is 11.1 Å². The molecular weight excluding hydrogens is 324 g/mol. The van der Waals surface area contributed by atoms with E-state index < -0.39 is 0 Å². The van der Waals surface area contributed by atoms with Crippen molar-refractivity contribution >= 4 is 5.78 Å². The number of fused-ring (bicyclic) bond motifs is 5. The van der Waals surface area contributed by atoms with Gasteiger partial charge in [0.05, 0.1) is 13.2 Å². The number of rotatable bonds is 1. The maximum Gasteiger partial charge on any atom is 0.172 e. The molecule has 0 aromatic rings. The van der Waals surface area contributed by atoms with Crippen LogP contribution in [0, 0.1) is 28.6 Å². The number of ketones is 1. The van der Waals surface area contributed by atoms with Crippen LogP contribution in [0.3, 0.4) is 0 Å². The molecule has 142 valence electrons. The van der Waals surface area contributed by atoms with E-state index in [0.717, 1.165) is 45.3 Å². The lowest BCUT2D eigenvalue weighted by atomic mass is 9.46. The number of hydrogen-bond acceptors (Lipinski definition) is 3. The molecule has 5 atom stereocenters. The average molecular weight is 357 g/mol. The number of carbonyl (C=O) groups is 1. The molecule has 2 saturated carbocycles. The lowest BCUT2D eigenvalue weighted by Crippen LogP contribution is -2.53. The van der Waals surface area contributed by atoms with E-state index in [9.17, 15) is 4.79 Å². The van der Waals surface area contributed by atoms with E-state index in [-0.39, 0.29) is 16.6 Å². The van der Waals surface area contributed by atoms with Crippen molar-refractivity contribution in [2.24, 2.45) is 28.6 Å². The molecule has 26 heavy (non-hydrogen) atoms. The van der Waals surface area contributed by atoms with Crippen LogP contribution < -0.4 is 0 Å². The summed E-state index contributed by atoms with van der Waals surface area (Å²) in [5, 5.41) is 0. The van der Waals surface area contributed by atoms with Crippen LogP contribution in [0.25, 0.3) is 0 Å². The van der Waals surface area contributed by atoms with E-state index in [4.69, 9.17) is 9.47 Å². The van der Waals surface area contributed by atoms with Crippen LogP contribution in [-0.4, -0.2) is 24.8 Å². The molecular formula is C23H32O3. The molecule has 0 amide bonds. The molecule has 1 spiro atoms. The van der Waals surface area contributed by atoms with Crippen molar-refractivity contribution in [1.82, 2.24) is 0 Å². The summed E-state index contributed by atoms with van der Waals surface area (Å²) in [7, 11) is 0. The van der Waals surface area contributed by atoms with Gasteiger partial charge >= 0.3 is 0 Å². The van der Waals surface area contributed by atoms with E-state index in [1.165, 1.54) is 12.8 Å². The first-order chi connectivity index (χ1) is 12.4. The van der Waals surface area contributed by atoms with Crippen molar-refractivity contribution in [3.8, 4) is 0 Å². The summed E-state index contributed by atoms with van der Waals surface area (Å²) in [5.74, 6) is 1.78. The van der Waals surface area contributed by atoms with Crippen molar-refractivity contribution in [2.75, 3.05) is 13.2 Å². The van der Waals surface area contributed by atoms with Gasteiger partial charge in [-0.25, -0.2) is 0 Å². The fourth-order valence-electron chi connectivity index (χ4n) is 7.25. The minimum Gasteiger partial charge on any atom is -0.347 e. The van der Waals surface area contributed by atoms with Crippen LogP contribution in [0.2, 0.25) is 0 Å². The molecule has 3 fully saturated rings. The Kier molecular flexibility index (Phi) is 3.66. The molecule has 1 aliphatic heterocycles. The summed E-state index contributed by atoms with van der Waals surface area (Å²) in [6, 6.07) is 0. The first kappa shape index (κ1) is 17.2. The second-order valence-corrected chi connectivity index (χ2v) is 9.82. The summed E-state index contributed by atoms with van der Waals surface area (Å²) in [4.78, 5) is 12.6. The number of ether oxygens (including phenoxy) is 2. The third-order valence-electron chi connectivity index (χ3n) is 8.83. The predicted molar refractivity (Wildman–Crippen MR) is 100 cm³/mol. The van der Waals surface area contributed by atoms with E-state index in [2.05, 4.69) is 26.8 Å². The summed E-state index contributed by atoms with van der Waals surface area (Å²) in [6.45, 7) is 8.52. The van der Waals surface area contributed by atoms with Crippen molar-refractivity contribution in [3.05, 3.63) is 23.3 Å². The Morgan fingerprint density at radius 3 is 2.62 bits per heavy atom. The summed E-state index contributed by atoms with van der Waals surface area (Å²) in [5.41, 5.74) is 3.40. The van der Waals surface area contributed by atoms with Gasteiger partial charge in [-0.15, -0.1) is 0 Å². The van der Waals surface area contributed by atoms with Crippen molar-refractivity contribution in [1.29, 1.82) is 0 Å². The monoisotopic (exact) mass is 356 g/mol. The molecule has 0 N–H and O–H groups in total. The molecule has 0 aromatic heterocycles. The number of allylic oxidation sites excluding steroid dienone is 3. The first-order valence-corrected chi connectivity index (χ1v) is 10.6. The number of hydrogen-bond donors (Lipinski definition) is 0. The van der Waals surface area contributed by atoms with Gasteiger partial charge in [0, 0.05) is 18.3 Å². The van der Waals surface area contributed by atoms with Gasteiger partial charge in [-0.3, -0.25) is 4.79 Å². The zero-order valence-electron chi connectivity index (χ0n) is 16.5. The minimum absolute atomic E-state index is 0.137. The quantitative estimate of drug-likeness (QED) is 0.632. The Morgan fingerprint density at radius 1 is 1.12 bits per heavy atom. The Hall–Kier alpha value is -0.930. The van der Waals surface area contributed by atoms with Gasteiger partial charge in [0.2, 0.25) is 0 Å². The average Bonchev–Trinajstić information content (AvgIpc) is 3.20. The molecule has 5 unspecified atom stereocenters. The Labute approximate surface area is 157 Å². The van der Waals surface area contributed by atoms with E-state index >= 15 is 0 Å². The third kappa shape index (κ3) is 2.10. The molecule has 0 radical (unpaired) electrons. The second-order valence-electron chi connectivity index (χ2n) is 9.82. The van der Waals surface area contributed by atoms with E-state index in [1.807, 2.05) is 6.08 Å². The minimum atomic E-state index is -0.339. The van der Waals surface area contributed by atoms with Gasteiger partial charge < -0.3 is 9.47 Å². The van der Waals surface area contributed by atoms with Crippen LogP contribution >= 0.6 is 0 Å². The number of carbonyl (C=O) groups excluding carboxylic acids is 1. The standard InChI is InChI=1S/C23H32O3/c1-4-15-13-16-17-5-6-20(24)22(17,3)8-7-18(16)21(2)9-10-23(14-19(15)21)25-11-12-26-23/h5-6,16-18H,4,7-14H2,1-3H3. The molecule has 5 aliphatic rings. The predicted octanol–water partition coefficient (Wildman–Crippen LogP) is 4.82. The third-order valence-corrected chi connectivity index (χ3v) is 8.83. The lowest BCUT2D eigenvalue weighted by Gasteiger charge is -2.59. The zero-order valence-corrected chi connectivity index (χ0v) is 16.5. The van der Waals surface area contributed by atoms with Gasteiger partial charge in [-0.2, -0.15) is 0 Å². The lowest BCUT2D eigenvalue weighted by molar-refractivity contribution is -0.185. The van der Waals surface area contributed by atoms with Gasteiger partial charge in [0.1, 0.15) is 0 Å². The van der Waals surface area contributed by atoms with Crippen LogP contribution in [-0.2, 0) is 14.3 Å². The van der Waals surface area contributed by atoms with Crippen LogP contribution in [0.15, 0.2) is 23.3 Å². The SMILES string of the molecule is CCC1=C2CC3(CCC2(C)C2CCC4(C)C(=O)C=CC4C2C1)OCCO3. The fourth-order valence-corrected chi connectivity index (χ4v) is 7.25. The van der Waals surface area contributed by atoms with Gasteiger partial charge in [-0.05, 0) is 61.3 Å². The smallest absolute Gasteiger partial charge is 0.172 e. The highest BCUT2D eigenvalue weighted by molar-refractivity contribution is 5.97. The van der Waals surface area contributed by atoms with Crippen molar-refractivity contribution in [2.45, 2.75) is 71.5 Å². The Balaban J connectivity index is 1.55. The van der Waals surface area contributed by atoms with Gasteiger partial charge in [-0.1, -0.05) is 38.0 Å². The van der Waals surface area contributed by atoms with Crippen LogP contribution in [0.1, 0.15) is 65.7 Å². The largest absolute Gasteiger partial charge is 0.347 e. The molecule has 0 aromatic carbocycles. The molecule has 0 bridgehead atoms. The van der Waals surface area contributed by atoms with E-state index in [0.29, 0.717) is 23.5 Å². The maximum absolute atomic E-state index is 12.6. The summed E-state index contributed by atoms with van der Waals surface area (Å²) < 4.78 is 12.2. The highest BCUT2D eigenvalue weighted by Gasteiger charge is 2.60. The second kappa shape index (κ2) is 5.54. The Morgan fingerprint density at radius 2 is 1.88 bits per heavy atom. The normalized spacial score (nSPS) is 46.4. The van der Waals surface area contributed by atoms with Gasteiger partial charge in [0.15, 0.2) is 11.6 Å². The molecule has 4 aliphatic carbocycles. The van der Waals surface area contributed by atoms with Gasteiger partial charge in [0.25, 0.3) is 0 Å². The molecule has 5 rings (SSSR count). The summed E-state index contributed by atoms with van der Waals surface area (Å²) in [6.07, 6.45) is 11.8. The molecule has 1 heterocycles. The van der Waals surface area contributed by atoms with Crippen LogP contribution in [0.4, 0.5) is 0 Å². The van der Waals surface area contributed by atoms with Crippen molar-refractivity contribution < 1.29 is 14.3 Å². The van der Waals surface area contributed by atoms with Crippen LogP contribution in [0.5, 0.6) is 0 Å². The topological polar surface area (TPSA) is 35.5 Å².